The van der Waals surface area contributed by atoms with Gasteiger partial charge in [0.2, 0.25) is 0 Å². The van der Waals surface area contributed by atoms with Crippen LogP contribution >= 0.6 is 11.8 Å². The molecule has 0 radical (unpaired) electrons. The fourth-order valence-corrected chi connectivity index (χ4v) is 5.13. The zero-order valence-electron chi connectivity index (χ0n) is 10.1. The quantitative estimate of drug-likeness (QED) is 0.809. The third-order valence-electron chi connectivity index (χ3n) is 4.85. The Labute approximate surface area is 107 Å². The summed E-state index contributed by atoms with van der Waals surface area (Å²) in [5.74, 6) is 2.87. The highest BCUT2D eigenvalue weighted by atomic mass is 32.2. The van der Waals surface area contributed by atoms with Gasteiger partial charge in [-0.1, -0.05) is 0 Å². The van der Waals surface area contributed by atoms with Gasteiger partial charge in [0.1, 0.15) is 0 Å². The smallest absolute Gasteiger partial charge is 0.308 e. The summed E-state index contributed by atoms with van der Waals surface area (Å²) in [5, 5.41) is 13.1. The highest BCUT2D eigenvalue weighted by molar-refractivity contribution is 7.99. The molecule has 3 nitrogen and oxygen atoms in total. The van der Waals surface area contributed by atoms with E-state index in [1.165, 1.54) is 30.8 Å². The fourth-order valence-electron chi connectivity index (χ4n) is 4.02. The van der Waals surface area contributed by atoms with Crippen molar-refractivity contribution in [1.82, 2.24) is 5.32 Å². The van der Waals surface area contributed by atoms with Gasteiger partial charge in [0.15, 0.2) is 0 Å². The zero-order valence-corrected chi connectivity index (χ0v) is 10.9. The van der Waals surface area contributed by atoms with E-state index < -0.39 is 5.97 Å². The van der Waals surface area contributed by atoms with Crippen molar-refractivity contribution in [2.24, 2.45) is 17.8 Å². The Balaban J connectivity index is 1.66. The molecule has 0 amide bonds. The number of aliphatic carboxylic acids is 1. The van der Waals surface area contributed by atoms with Gasteiger partial charge in [-0.25, -0.2) is 0 Å². The van der Waals surface area contributed by atoms with E-state index in [9.17, 15) is 9.90 Å². The van der Waals surface area contributed by atoms with Crippen LogP contribution in [0.4, 0.5) is 0 Å². The largest absolute Gasteiger partial charge is 0.481 e. The Kier molecular flexibility index (Phi) is 3.35. The third kappa shape index (κ3) is 2.22. The third-order valence-corrected chi connectivity index (χ3v) is 5.90. The van der Waals surface area contributed by atoms with E-state index in [2.05, 4.69) is 5.32 Å². The van der Waals surface area contributed by atoms with Crippen LogP contribution in [-0.2, 0) is 4.79 Å². The maximum Gasteiger partial charge on any atom is 0.308 e. The van der Waals surface area contributed by atoms with Gasteiger partial charge in [-0.05, 0) is 55.4 Å². The lowest BCUT2D eigenvalue weighted by molar-refractivity contribution is -0.144. The van der Waals surface area contributed by atoms with Crippen LogP contribution in [0.25, 0.3) is 0 Å². The van der Waals surface area contributed by atoms with Gasteiger partial charge in [-0.15, -0.1) is 0 Å². The second kappa shape index (κ2) is 4.81. The number of nitrogens with one attached hydrogen (secondary N) is 1. The highest BCUT2D eigenvalue weighted by Gasteiger charge is 2.51. The highest BCUT2D eigenvalue weighted by Crippen LogP contribution is 2.48. The van der Waals surface area contributed by atoms with Gasteiger partial charge in [0.05, 0.1) is 5.92 Å². The number of fused-ring (bicyclic) bond motifs is 2. The van der Waals surface area contributed by atoms with E-state index in [1.807, 2.05) is 11.8 Å². The van der Waals surface area contributed by atoms with Crippen molar-refractivity contribution in [3.63, 3.8) is 0 Å². The molecule has 4 heteroatoms. The number of carboxylic acids is 1. The van der Waals surface area contributed by atoms with Crippen LogP contribution in [0, 0.1) is 17.8 Å². The minimum atomic E-state index is -0.570. The molecule has 3 fully saturated rings. The molecular formula is C13H21NO2S. The van der Waals surface area contributed by atoms with Crippen LogP contribution < -0.4 is 5.32 Å². The molecule has 1 aliphatic heterocycles. The van der Waals surface area contributed by atoms with Crippen LogP contribution in [0.1, 0.15) is 32.1 Å². The lowest BCUT2D eigenvalue weighted by Crippen LogP contribution is -2.49. The maximum absolute atomic E-state index is 11.4. The molecule has 4 atom stereocenters. The van der Waals surface area contributed by atoms with Crippen LogP contribution in [0.5, 0.6) is 0 Å². The van der Waals surface area contributed by atoms with Crippen LogP contribution in [0.3, 0.4) is 0 Å². The van der Waals surface area contributed by atoms with Gasteiger partial charge < -0.3 is 10.4 Å². The van der Waals surface area contributed by atoms with E-state index in [0.717, 1.165) is 12.8 Å². The van der Waals surface area contributed by atoms with Crippen molar-refractivity contribution in [3.05, 3.63) is 0 Å². The van der Waals surface area contributed by atoms with Crippen molar-refractivity contribution in [3.8, 4) is 0 Å². The van der Waals surface area contributed by atoms with E-state index in [4.69, 9.17) is 0 Å². The van der Waals surface area contributed by atoms with E-state index >= 15 is 0 Å². The van der Waals surface area contributed by atoms with Crippen LogP contribution in [0.2, 0.25) is 0 Å². The Bertz CT molecular complexity index is 304. The Morgan fingerprint density at radius 3 is 2.53 bits per heavy atom. The summed E-state index contributed by atoms with van der Waals surface area (Å²) in [6, 6.07) is 0.835. The first-order valence-electron chi connectivity index (χ1n) is 6.82. The molecule has 2 saturated carbocycles. The summed E-state index contributed by atoms with van der Waals surface area (Å²) in [6.07, 6.45) is 5.96. The van der Waals surface area contributed by atoms with E-state index in [1.54, 1.807) is 0 Å². The summed E-state index contributed by atoms with van der Waals surface area (Å²) in [7, 11) is 0. The molecular weight excluding hydrogens is 234 g/mol. The lowest BCUT2D eigenvalue weighted by Gasteiger charge is -2.34. The first-order chi connectivity index (χ1) is 8.25. The molecule has 2 aliphatic carbocycles. The molecule has 3 aliphatic rings. The molecule has 1 heterocycles. The minimum Gasteiger partial charge on any atom is -0.481 e. The summed E-state index contributed by atoms with van der Waals surface area (Å²) in [6.45, 7) is 0. The summed E-state index contributed by atoms with van der Waals surface area (Å²) in [5.41, 5.74) is 0. The first-order valence-corrected chi connectivity index (χ1v) is 7.98. The number of thioether (sulfide) groups is 1. The molecule has 4 unspecified atom stereocenters. The second-order valence-corrected chi connectivity index (χ2v) is 7.00. The zero-order chi connectivity index (χ0) is 11.8. The normalized spacial score (nSPS) is 41.9. The van der Waals surface area contributed by atoms with Crippen molar-refractivity contribution in [2.45, 2.75) is 44.2 Å². The number of carboxylic acid groups (broad SMARTS) is 1. The molecule has 1 saturated heterocycles. The molecule has 0 aromatic rings. The SMILES string of the molecule is O=C(O)C1C2CCC(C2)C1NC1CCSCC1. The Morgan fingerprint density at radius 2 is 1.82 bits per heavy atom. The molecule has 17 heavy (non-hydrogen) atoms. The lowest BCUT2D eigenvalue weighted by atomic mass is 9.84. The summed E-state index contributed by atoms with van der Waals surface area (Å²) >= 11 is 2.02. The van der Waals surface area contributed by atoms with E-state index in [0.29, 0.717) is 17.9 Å². The predicted molar refractivity (Wildman–Crippen MR) is 69.2 cm³/mol. The van der Waals surface area contributed by atoms with Crippen LogP contribution in [-0.4, -0.2) is 34.7 Å². The predicted octanol–water partition coefficient (Wildman–Crippen LogP) is 1.97. The van der Waals surface area contributed by atoms with Crippen molar-refractivity contribution in [1.29, 1.82) is 0 Å². The maximum atomic E-state index is 11.4. The number of carbonyl (C=O) groups is 1. The molecule has 0 aromatic carbocycles. The minimum absolute atomic E-state index is 0.108. The standard InChI is InChI=1S/C13H21NO2S/c15-13(16)11-8-1-2-9(7-8)12(11)14-10-3-5-17-6-4-10/h8-12,14H,1-7H2,(H,15,16). The molecule has 96 valence electrons. The summed E-state index contributed by atoms with van der Waals surface area (Å²) < 4.78 is 0. The van der Waals surface area contributed by atoms with Crippen molar-refractivity contribution in [2.75, 3.05) is 11.5 Å². The van der Waals surface area contributed by atoms with E-state index in [-0.39, 0.29) is 12.0 Å². The Morgan fingerprint density at radius 1 is 1.12 bits per heavy atom. The van der Waals surface area contributed by atoms with Gasteiger partial charge >= 0.3 is 5.97 Å². The molecule has 3 rings (SSSR count). The van der Waals surface area contributed by atoms with Crippen molar-refractivity contribution < 1.29 is 9.90 Å². The number of hydrogen-bond acceptors (Lipinski definition) is 3. The van der Waals surface area contributed by atoms with Gasteiger partial charge in [0.25, 0.3) is 0 Å². The average Bonchev–Trinajstić information content (AvgIpc) is 2.90. The number of hydrogen-bond donors (Lipinski definition) is 2. The molecule has 0 aromatic heterocycles. The number of rotatable bonds is 3. The van der Waals surface area contributed by atoms with Gasteiger partial charge in [0, 0.05) is 12.1 Å². The molecule has 0 spiro atoms. The first kappa shape index (κ1) is 11.8. The van der Waals surface area contributed by atoms with Crippen LogP contribution in [0.15, 0.2) is 0 Å². The van der Waals surface area contributed by atoms with Gasteiger partial charge in [-0.3, -0.25) is 4.79 Å². The van der Waals surface area contributed by atoms with Gasteiger partial charge in [-0.2, -0.15) is 11.8 Å². The molecule has 2 bridgehead atoms. The molecule has 2 N–H and O–H groups in total. The Hall–Kier alpha value is -0.220. The van der Waals surface area contributed by atoms with Crippen molar-refractivity contribution >= 4 is 17.7 Å². The summed E-state index contributed by atoms with van der Waals surface area (Å²) in [4.78, 5) is 11.4. The monoisotopic (exact) mass is 255 g/mol. The fraction of sp³-hybridized carbons (Fsp3) is 0.923. The second-order valence-electron chi connectivity index (χ2n) is 5.78. The average molecular weight is 255 g/mol. The topological polar surface area (TPSA) is 49.3 Å².